The number of nitrogens with one attached hydrogen (secondary N) is 1. The van der Waals surface area contributed by atoms with Crippen molar-refractivity contribution in [1.82, 2.24) is 0 Å². The number of carbonyl (C=O) groups excluding carboxylic acids is 1. The molecular weight excluding hydrogens is 206 g/mol. The highest BCUT2D eigenvalue weighted by Crippen LogP contribution is 2.24. The van der Waals surface area contributed by atoms with Gasteiger partial charge >= 0.3 is 0 Å². The number of anilines is 1. The molecule has 2 nitrogen and oxygen atoms in total. The zero-order chi connectivity index (χ0) is 10.7. The summed E-state index contributed by atoms with van der Waals surface area (Å²) in [4.78, 5) is 11.2. The normalized spacial score (nSPS) is 14.5. The molecule has 3 heteroatoms. The van der Waals surface area contributed by atoms with Crippen LogP contribution in [0.5, 0.6) is 0 Å². The molecule has 0 bridgehead atoms. The van der Waals surface area contributed by atoms with Gasteiger partial charge in [-0.3, -0.25) is 4.79 Å². The van der Waals surface area contributed by atoms with E-state index in [1.165, 1.54) is 30.4 Å². The van der Waals surface area contributed by atoms with Crippen molar-refractivity contribution < 1.29 is 4.79 Å². The van der Waals surface area contributed by atoms with E-state index in [1.54, 1.807) is 0 Å². The fourth-order valence-electron chi connectivity index (χ4n) is 2.01. The fraction of sp³-hybridized carbons (Fsp3) is 0.417. The molecule has 80 valence electrons. The average Bonchev–Trinajstić information content (AvgIpc) is 2.29. The maximum absolute atomic E-state index is 11.2. The molecule has 1 N–H and O–H groups in total. The van der Waals surface area contributed by atoms with Crippen LogP contribution in [0.15, 0.2) is 18.2 Å². The molecule has 0 spiro atoms. The number of hydrogen-bond acceptors (Lipinski definition) is 2. The van der Waals surface area contributed by atoms with Crippen LogP contribution in [-0.2, 0) is 17.6 Å². The van der Waals surface area contributed by atoms with E-state index in [2.05, 4.69) is 30.1 Å². The predicted molar refractivity (Wildman–Crippen MR) is 65.6 cm³/mol. The number of carbonyl (C=O) groups is 1. The summed E-state index contributed by atoms with van der Waals surface area (Å²) in [6.45, 7) is 0. The lowest BCUT2D eigenvalue weighted by Gasteiger charge is -2.16. The summed E-state index contributed by atoms with van der Waals surface area (Å²) in [6.07, 6.45) is 4.86. The van der Waals surface area contributed by atoms with E-state index in [9.17, 15) is 4.79 Å². The standard InChI is InChI=1S/C12H15NOS/c14-12(8-15)13-11-6-5-9-3-1-2-4-10(9)7-11/h5-7,15H,1-4,8H2,(H,13,14). The number of thiol groups is 1. The highest BCUT2D eigenvalue weighted by atomic mass is 32.1. The molecule has 1 amide bonds. The Morgan fingerprint density at radius 3 is 2.73 bits per heavy atom. The van der Waals surface area contributed by atoms with Crippen molar-refractivity contribution >= 4 is 24.2 Å². The molecule has 0 saturated heterocycles. The van der Waals surface area contributed by atoms with E-state index in [-0.39, 0.29) is 11.7 Å². The zero-order valence-corrected chi connectivity index (χ0v) is 9.52. The Labute approximate surface area is 95.5 Å². The minimum Gasteiger partial charge on any atom is -0.325 e. The Morgan fingerprint density at radius 2 is 2.00 bits per heavy atom. The Bertz CT molecular complexity index is 376. The number of amides is 1. The van der Waals surface area contributed by atoms with Gasteiger partial charge < -0.3 is 5.32 Å². The molecule has 1 aliphatic rings. The van der Waals surface area contributed by atoms with Gasteiger partial charge in [0.15, 0.2) is 0 Å². The van der Waals surface area contributed by atoms with Crippen LogP contribution >= 0.6 is 12.6 Å². The van der Waals surface area contributed by atoms with Crippen molar-refractivity contribution in [2.75, 3.05) is 11.1 Å². The van der Waals surface area contributed by atoms with E-state index in [0.29, 0.717) is 0 Å². The maximum atomic E-state index is 11.2. The Kier molecular flexibility index (Phi) is 3.31. The number of aryl methyl sites for hydroxylation is 2. The second-order valence-electron chi connectivity index (χ2n) is 3.90. The molecule has 0 aliphatic heterocycles. The molecule has 2 rings (SSSR count). The quantitative estimate of drug-likeness (QED) is 0.738. The fourth-order valence-corrected chi connectivity index (χ4v) is 2.09. The van der Waals surface area contributed by atoms with Crippen LogP contribution in [0.3, 0.4) is 0 Å². The summed E-state index contributed by atoms with van der Waals surface area (Å²) in [6, 6.07) is 6.20. The largest absolute Gasteiger partial charge is 0.325 e. The number of fused-ring (bicyclic) bond motifs is 1. The number of hydrogen-bond donors (Lipinski definition) is 2. The summed E-state index contributed by atoms with van der Waals surface area (Å²) in [5, 5.41) is 2.83. The van der Waals surface area contributed by atoms with E-state index < -0.39 is 0 Å². The third-order valence-electron chi connectivity index (χ3n) is 2.78. The van der Waals surface area contributed by atoms with Crippen LogP contribution in [0.1, 0.15) is 24.0 Å². The first kappa shape index (κ1) is 10.6. The summed E-state index contributed by atoms with van der Waals surface area (Å²) < 4.78 is 0. The van der Waals surface area contributed by atoms with Gasteiger partial charge in [-0.05, 0) is 48.9 Å². The van der Waals surface area contributed by atoms with Crippen LogP contribution in [0, 0.1) is 0 Å². The molecule has 0 saturated carbocycles. The Balaban J connectivity index is 2.17. The molecule has 0 aromatic heterocycles. The van der Waals surface area contributed by atoms with Gasteiger partial charge in [-0.25, -0.2) is 0 Å². The maximum Gasteiger partial charge on any atom is 0.234 e. The monoisotopic (exact) mass is 221 g/mol. The first-order valence-electron chi connectivity index (χ1n) is 5.32. The van der Waals surface area contributed by atoms with Gasteiger partial charge in [-0.2, -0.15) is 12.6 Å². The SMILES string of the molecule is O=C(CS)Nc1ccc2c(c1)CCCC2. The van der Waals surface area contributed by atoms with Gasteiger partial charge in [0, 0.05) is 5.69 Å². The van der Waals surface area contributed by atoms with Gasteiger partial charge in [0.1, 0.15) is 0 Å². The second kappa shape index (κ2) is 4.71. The third-order valence-corrected chi connectivity index (χ3v) is 3.06. The highest BCUT2D eigenvalue weighted by molar-refractivity contribution is 7.81. The topological polar surface area (TPSA) is 29.1 Å². The second-order valence-corrected chi connectivity index (χ2v) is 4.21. The van der Waals surface area contributed by atoms with Crippen LogP contribution in [-0.4, -0.2) is 11.7 Å². The van der Waals surface area contributed by atoms with E-state index in [0.717, 1.165) is 12.1 Å². The third kappa shape index (κ3) is 2.53. The van der Waals surface area contributed by atoms with Gasteiger partial charge in [-0.15, -0.1) is 0 Å². The van der Waals surface area contributed by atoms with Crippen molar-refractivity contribution in [3.05, 3.63) is 29.3 Å². The van der Waals surface area contributed by atoms with Crippen molar-refractivity contribution in [2.45, 2.75) is 25.7 Å². The van der Waals surface area contributed by atoms with E-state index >= 15 is 0 Å². The molecule has 15 heavy (non-hydrogen) atoms. The van der Waals surface area contributed by atoms with Gasteiger partial charge in [0.2, 0.25) is 5.91 Å². The van der Waals surface area contributed by atoms with Gasteiger partial charge in [0.05, 0.1) is 5.75 Å². The molecule has 0 unspecified atom stereocenters. The molecule has 1 aliphatic carbocycles. The Hall–Kier alpha value is -0.960. The molecule has 0 fully saturated rings. The molecule has 1 aromatic carbocycles. The first-order chi connectivity index (χ1) is 7.29. The van der Waals surface area contributed by atoms with Crippen molar-refractivity contribution in [3.8, 4) is 0 Å². The minimum absolute atomic E-state index is 0.0471. The smallest absolute Gasteiger partial charge is 0.234 e. The lowest BCUT2D eigenvalue weighted by Crippen LogP contribution is -2.13. The van der Waals surface area contributed by atoms with Crippen molar-refractivity contribution in [2.24, 2.45) is 0 Å². The molecule has 0 heterocycles. The lowest BCUT2D eigenvalue weighted by molar-refractivity contribution is -0.113. The molecule has 1 aromatic rings. The highest BCUT2D eigenvalue weighted by Gasteiger charge is 2.09. The van der Waals surface area contributed by atoms with Crippen molar-refractivity contribution in [1.29, 1.82) is 0 Å². The van der Waals surface area contributed by atoms with Crippen molar-refractivity contribution in [3.63, 3.8) is 0 Å². The van der Waals surface area contributed by atoms with Crippen LogP contribution in [0.4, 0.5) is 5.69 Å². The number of rotatable bonds is 2. The van der Waals surface area contributed by atoms with Crippen LogP contribution in [0.2, 0.25) is 0 Å². The van der Waals surface area contributed by atoms with Crippen LogP contribution < -0.4 is 5.32 Å². The zero-order valence-electron chi connectivity index (χ0n) is 8.62. The van der Waals surface area contributed by atoms with Crippen LogP contribution in [0.25, 0.3) is 0 Å². The summed E-state index contributed by atoms with van der Waals surface area (Å²) in [5.74, 6) is 0.186. The predicted octanol–water partition coefficient (Wildman–Crippen LogP) is 2.43. The van der Waals surface area contributed by atoms with Gasteiger partial charge in [0.25, 0.3) is 0 Å². The first-order valence-corrected chi connectivity index (χ1v) is 5.95. The van der Waals surface area contributed by atoms with E-state index in [1.807, 2.05) is 6.07 Å². The number of benzene rings is 1. The van der Waals surface area contributed by atoms with E-state index in [4.69, 9.17) is 0 Å². The minimum atomic E-state index is -0.0471. The summed E-state index contributed by atoms with van der Waals surface area (Å²) in [5.41, 5.74) is 3.72. The average molecular weight is 221 g/mol. The Morgan fingerprint density at radius 1 is 1.27 bits per heavy atom. The molecular formula is C12H15NOS. The lowest BCUT2D eigenvalue weighted by atomic mass is 9.91. The summed E-state index contributed by atoms with van der Waals surface area (Å²) >= 11 is 3.93. The molecule has 0 radical (unpaired) electrons. The van der Waals surface area contributed by atoms with Gasteiger partial charge in [-0.1, -0.05) is 6.07 Å². The molecule has 0 atom stereocenters. The summed E-state index contributed by atoms with van der Waals surface area (Å²) in [7, 11) is 0.